The number of esters is 1. The summed E-state index contributed by atoms with van der Waals surface area (Å²) in [6.45, 7) is 5.94. The third-order valence-corrected chi connectivity index (χ3v) is 4.60. The van der Waals surface area contributed by atoms with E-state index in [-0.39, 0.29) is 18.1 Å². The summed E-state index contributed by atoms with van der Waals surface area (Å²) in [5.41, 5.74) is 6.55. The van der Waals surface area contributed by atoms with Gasteiger partial charge in [-0.3, -0.25) is 4.79 Å². The van der Waals surface area contributed by atoms with E-state index in [2.05, 4.69) is 12.2 Å². The molecule has 2 atom stereocenters. The van der Waals surface area contributed by atoms with Crippen LogP contribution in [-0.2, 0) is 4.74 Å². The van der Waals surface area contributed by atoms with Crippen LogP contribution in [-0.4, -0.2) is 24.4 Å². The van der Waals surface area contributed by atoms with Gasteiger partial charge in [0.25, 0.3) is 0 Å². The van der Waals surface area contributed by atoms with Gasteiger partial charge in [-0.15, -0.1) is 11.3 Å². The summed E-state index contributed by atoms with van der Waals surface area (Å²) in [5, 5.41) is 3.96. The Hall–Kier alpha value is -1.56. The molecule has 2 unspecified atom stereocenters. The SMILES string of the molecule is CCOC(=O)c1c(NC2CC2C)sc(C(=O)CC)c1N. The summed E-state index contributed by atoms with van der Waals surface area (Å²) in [5.74, 6) is 0.0702. The van der Waals surface area contributed by atoms with E-state index in [1.807, 2.05) is 0 Å². The van der Waals surface area contributed by atoms with Crippen molar-refractivity contribution in [1.29, 1.82) is 0 Å². The number of rotatable bonds is 6. The zero-order chi connectivity index (χ0) is 14.9. The fraction of sp³-hybridized carbons (Fsp3) is 0.571. The largest absolute Gasteiger partial charge is 0.462 e. The van der Waals surface area contributed by atoms with Gasteiger partial charge in [0.05, 0.1) is 17.2 Å². The fourth-order valence-corrected chi connectivity index (χ4v) is 3.19. The van der Waals surface area contributed by atoms with Crippen molar-refractivity contribution in [2.75, 3.05) is 17.7 Å². The van der Waals surface area contributed by atoms with Gasteiger partial charge in [-0.25, -0.2) is 4.79 Å². The normalized spacial score (nSPS) is 20.6. The van der Waals surface area contributed by atoms with Crippen LogP contribution >= 0.6 is 11.3 Å². The first kappa shape index (κ1) is 14.8. The van der Waals surface area contributed by atoms with E-state index in [9.17, 15) is 9.59 Å². The van der Waals surface area contributed by atoms with Crippen molar-refractivity contribution in [2.24, 2.45) is 5.92 Å². The number of anilines is 2. The van der Waals surface area contributed by atoms with Gasteiger partial charge in [0, 0.05) is 12.5 Å². The van der Waals surface area contributed by atoms with Crippen LogP contribution in [0.1, 0.15) is 53.6 Å². The Morgan fingerprint density at radius 1 is 1.45 bits per heavy atom. The van der Waals surface area contributed by atoms with Crippen LogP contribution < -0.4 is 11.1 Å². The molecule has 0 bridgehead atoms. The van der Waals surface area contributed by atoms with Crippen LogP contribution in [0.15, 0.2) is 0 Å². The molecular formula is C14H20N2O3S. The van der Waals surface area contributed by atoms with Crippen molar-refractivity contribution in [2.45, 2.75) is 39.7 Å². The number of Topliss-reactive ketones (excluding diaryl/α,β-unsaturated/α-hetero) is 1. The molecular weight excluding hydrogens is 276 g/mol. The molecule has 20 heavy (non-hydrogen) atoms. The first-order valence-corrected chi connectivity index (χ1v) is 7.70. The number of ether oxygens (including phenoxy) is 1. The Balaban J connectivity index is 2.36. The molecule has 6 heteroatoms. The van der Waals surface area contributed by atoms with Crippen LogP contribution in [0.25, 0.3) is 0 Å². The van der Waals surface area contributed by atoms with Crippen molar-refractivity contribution in [3.05, 3.63) is 10.4 Å². The summed E-state index contributed by atoms with van der Waals surface area (Å²) >= 11 is 1.26. The maximum Gasteiger partial charge on any atom is 0.343 e. The van der Waals surface area contributed by atoms with Crippen molar-refractivity contribution >= 4 is 33.8 Å². The van der Waals surface area contributed by atoms with Crippen LogP contribution in [0.2, 0.25) is 0 Å². The molecule has 0 aromatic carbocycles. The number of carbonyl (C=O) groups excluding carboxylic acids is 2. The number of nitrogens with two attached hydrogens (primary N) is 1. The minimum atomic E-state index is -0.466. The van der Waals surface area contributed by atoms with Crippen molar-refractivity contribution in [1.82, 2.24) is 0 Å². The standard InChI is InChI=1S/C14H20N2O3S/c1-4-9(17)12-11(15)10(14(18)19-5-2)13(20-12)16-8-6-7(8)3/h7-8,16H,4-6,15H2,1-3H3. The van der Waals surface area contributed by atoms with E-state index in [1.165, 1.54) is 11.3 Å². The second-order valence-corrected chi connectivity index (χ2v) is 6.03. The van der Waals surface area contributed by atoms with Gasteiger partial charge in [-0.05, 0) is 19.3 Å². The highest BCUT2D eigenvalue weighted by atomic mass is 32.1. The molecule has 0 aliphatic heterocycles. The summed E-state index contributed by atoms with van der Waals surface area (Å²) in [7, 11) is 0. The van der Waals surface area contributed by atoms with E-state index >= 15 is 0 Å². The molecule has 0 radical (unpaired) electrons. The smallest absolute Gasteiger partial charge is 0.343 e. The van der Waals surface area contributed by atoms with Gasteiger partial charge in [0.1, 0.15) is 10.6 Å². The second kappa shape index (κ2) is 5.83. The van der Waals surface area contributed by atoms with Crippen molar-refractivity contribution in [3.63, 3.8) is 0 Å². The van der Waals surface area contributed by atoms with E-state index in [0.717, 1.165) is 6.42 Å². The van der Waals surface area contributed by atoms with Gasteiger partial charge >= 0.3 is 5.97 Å². The Kier molecular flexibility index (Phi) is 4.32. The summed E-state index contributed by atoms with van der Waals surface area (Å²) < 4.78 is 5.04. The Morgan fingerprint density at radius 2 is 2.10 bits per heavy atom. The second-order valence-electron chi connectivity index (χ2n) is 5.01. The molecule has 110 valence electrons. The molecule has 2 rings (SSSR count). The maximum atomic E-state index is 12.0. The summed E-state index contributed by atoms with van der Waals surface area (Å²) in [6.07, 6.45) is 1.43. The number of nitrogen functional groups attached to an aromatic ring is 1. The van der Waals surface area contributed by atoms with Crippen molar-refractivity contribution < 1.29 is 14.3 Å². The third-order valence-electron chi connectivity index (χ3n) is 3.43. The van der Waals surface area contributed by atoms with Crippen LogP contribution in [0.5, 0.6) is 0 Å². The van der Waals surface area contributed by atoms with Gasteiger partial charge in [-0.2, -0.15) is 0 Å². The lowest BCUT2D eigenvalue weighted by Crippen LogP contribution is -2.11. The number of carbonyl (C=O) groups is 2. The van der Waals surface area contributed by atoms with Gasteiger partial charge < -0.3 is 15.8 Å². The van der Waals surface area contributed by atoms with Crippen molar-refractivity contribution in [3.8, 4) is 0 Å². The molecule has 0 spiro atoms. The minimum absolute atomic E-state index is 0.0463. The average Bonchev–Trinajstić information content (AvgIpc) is 2.99. The molecule has 5 nitrogen and oxygen atoms in total. The number of hydrogen-bond acceptors (Lipinski definition) is 6. The third kappa shape index (κ3) is 2.80. The molecule has 0 amide bonds. The molecule has 1 aliphatic carbocycles. The van der Waals surface area contributed by atoms with Crippen LogP contribution in [0.4, 0.5) is 10.7 Å². The molecule has 1 aromatic rings. The van der Waals surface area contributed by atoms with Gasteiger partial charge in [0.15, 0.2) is 5.78 Å². The van der Waals surface area contributed by atoms with Crippen LogP contribution in [0.3, 0.4) is 0 Å². The average molecular weight is 296 g/mol. The zero-order valence-corrected chi connectivity index (χ0v) is 12.8. The maximum absolute atomic E-state index is 12.0. The predicted octanol–water partition coefficient (Wildman–Crippen LogP) is 2.92. The lowest BCUT2D eigenvalue weighted by molar-refractivity contribution is 0.0529. The van der Waals surface area contributed by atoms with Gasteiger partial charge in [-0.1, -0.05) is 13.8 Å². The first-order chi connectivity index (χ1) is 9.49. The number of hydrogen-bond donors (Lipinski definition) is 2. The van der Waals surface area contributed by atoms with Crippen LogP contribution in [0, 0.1) is 5.92 Å². The molecule has 1 heterocycles. The molecule has 1 aliphatic rings. The highest BCUT2D eigenvalue weighted by Crippen LogP contribution is 2.41. The number of thiophene rings is 1. The quantitative estimate of drug-likeness (QED) is 0.623. The summed E-state index contributed by atoms with van der Waals surface area (Å²) in [6, 6.07) is 0.353. The lowest BCUT2D eigenvalue weighted by Gasteiger charge is -2.06. The summed E-state index contributed by atoms with van der Waals surface area (Å²) in [4.78, 5) is 24.4. The molecule has 1 saturated carbocycles. The molecule has 0 saturated heterocycles. The molecule has 1 fully saturated rings. The first-order valence-electron chi connectivity index (χ1n) is 6.88. The zero-order valence-electron chi connectivity index (χ0n) is 12.0. The van der Waals surface area contributed by atoms with E-state index in [0.29, 0.717) is 33.8 Å². The number of ketones is 1. The van der Waals surface area contributed by atoms with E-state index in [1.54, 1.807) is 13.8 Å². The molecule has 1 aromatic heterocycles. The Morgan fingerprint density at radius 3 is 2.60 bits per heavy atom. The Bertz CT molecular complexity index is 539. The topological polar surface area (TPSA) is 81.4 Å². The monoisotopic (exact) mass is 296 g/mol. The molecule has 3 N–H and O–H groups in total. The lowest BCUT2D eigenvalue weighted by atomic mass is 10.2. The van der Waals surface area contributed by atoms with Gasteiger partial charge in [0.2, 0.25) is 0 Å². The Labute approximate surface area is 122 Å². The minimum Gasteiger partial charge on any atom is -0.462 e. The van der Waals surface area contributed by atoms with E-state index in [4.69, 9.17) is 10.5 Å². The highest BCUT2D eigenvalue weighted by molar-refractivity contribution is 7.19. The van der Waals surface area contributed by atoms with E-state index < -0.39 is 5.97 Å². The number of nitrogens with one attached hydrogen (secondary N) is 1. The highest BCUT2D eigenvalue weighted by Gasteiger charge is 2.35. The predicted molar refractivity (Wildman–Crippen MR) is 80.5 cm³/mol. The fourth-order valence-electron chi connectivity index (χ4n) is 2.01.